The van der Waals surface area contributed by atoms with E-state index < -0.39 is 0 Å². The minimum absolute atomic E-state index is 0.187. The summed E-state index contributed by atoms with van der Waals surface area (Å²) in [5.41, 5.74) is 2.49. The molecule has 0 radical (unpaired) electrons. The number of hydrogen-bond donors (Lipinski definition) is 1. The van der Waals surface area contributed by atoms with E-state index >= 15 is 0 Å². The van der Waals surface area contributed by atoms with Crippen molar-refractivity contribution in [3.8, 4) is 0 Å². The van der Waals surface area contributed by atoms with Crippen molar-refractivity contribution >= 4 is 17.7 Å². The molecule has 1 aromatic carbocycles. The third-order valence-electron chi connectivity index (χ3n) is 2.57. The Morgan fingerprint density at radius 1 is 1.44 bits per heavy atom. The maximum Gasteiger partial charge on any atom is 0.315 e. The summed E-state index contributed by atoms with van der Waals surface area (Å²) in [5, 5.41) is 3.38. The Labute approximate surface area is 113 Å². The molecule has 1 N–H and O–H groups in total. The Morgan fingerprint density at radius 2 is 2.22 bits per heavy atom. The zero-order valence-corrected chi connectivity index (χ0v) is 12.1. The third-order valence-corrected chi connectivity index (χ3v) is 3.72. The van der Waals surface area contributed by atoms with Gasteiger partial charge in [0.2, 0.25) is 0 Å². The molecule has 0 aliphatic heterocycles. The lowest BCUT2D eigenvalue weighted by Crippen LogP contribution is -2.13. The highest BCUT2D eigenvalue weighted by molar-refractivity contribution is 8.00. The zero-order chi connectivity index (χ0) is 13.4. The van der Waals surface area contributed by atoms with E-state index in [0.29, 0.717) is 5.75 Å². The maximum absolute atomic E-state index is 11.1. The largest absolute Gasteiger partial charge is 0.468 e. The van der Waals surface area contributed by atoms with Crippen LogP contribution in [0.3, 0.4) is 0 Å². The predicted molar refractivity (Wildman–Crippen MR) is 75.9 cm³/mol. The molecule has 3 nitrogen and oxygen atoms in total. The number of hydrogen-bond acceptors (Lipinski definition) is 4. The molecule has 0 aromatic heterocycles. The topological polar surface area (TPSA) is 38.3 Å². The van der Waals surface area contributed by atoms with Gasteiger partial charge in [0.05, 0.1) is 12.9 Å². The van der Waals surface area contributed by atoms with Gasteiger partial charge in [-0.2, -0.15) is 0 Å². The molecule has 0 spiro atoms. The van der Waals surface area contributed by atoms with Crippen LogP contribution in [0.15, 0.2) is 23.1 Å². The molecule has 1 aromatic rings. The van der Waals surface area contributed by atoms with Crippen LogP contribution in [-0.4, -0.2) is 25.4 Å². The molecule has 0 aliphatic carbocycles. The number of aryl methyl sites for hydroxylation is 1. The average molecular weight is 267 g/mol. The summed E-state index contributed by atoms with van der Waals surface area (Å²) < 4.78 is 4.63. The van der Waals surface area contributed by atoms with Gasteiger partial charge < -0.3 is 10.1 Å². The molecule has 1 rings (SSSR count). The number of ether oxygens (including phenoxy) is 1. The maximum atomic E-state index is 11.1. The van der Waals surface area contributed by atoms with Gasteiger partial charge in [0.1, 0.15) is 0 Å². The number of nitrogens with one attached hydrogen (secondary N) is 1. The van der Waals surface area contributed by atoms with Crippen molar-refractivity contribution in [1.82, 2.24) is 5.32 Å². The van der Waals surface area contributed by atoms with Gasteiger partial charge in [-0.05, 0) is 37.1 Å². The number of methoxy groups -OCH3 is 1. The van der Waals surface area contributed by atoms with E-state index in [1.807, 2.05) is 0 Å². The Hall–Kier alpha value is -1.00. The highest BCUT2D eigenvalue weighted by Gasteiger charge is 2.05. The van der Waals surface area contributed by atoms with Crippen LogP contribution in [0.5, 0.6) is 0 Å². The van der Waals surface area contributed by atoms with Crippen LogP contribution < -0.4 is 5.32 Å². The van der Waals surface area contributed by atoms with Crippen LogP contribution in [0.25, 0.3) is 0 Å². The van der Waals surface area contributed by atoms with Crippen molar-refractivity contribution in [3.05, 3.63) is 29.3 Å². The van der Waals surface area contributed by atoms with E-state index in [-0.39, 0.29) is 5.97 Å². The molecular weight excluding hydrogens is 246 g/mol. The fourth-order valence-corrected chi connectivity index (χ4v) is 2.43. The van der Waals surface area contributed by atoms with Gasteiger partial charge in [-0.1, -0.05) is 19.1 Å². The molecule has 18 heavy (non-hydrogen) atoms. The van der Waals surface area contributed by atoms with Gasteiger partial charge in [0.25, 0.3) is 0 Å². The van der Waals surface area contributed by atoms with Crippen LogP contribution in [0, 0.1) is 6.92 Å². The summed E-state index contributed by atoms with van der Waals surface area (Å²) in [7, 11) is 1.41. The standard InChI is InChI=1S/C14H21NO2S/c1-4-7-15-9-12-5-6-13(11(2)8-12)18-10-14(16)17-3/h5-6,8,15H,4,7,9-10H2,1-3H3. The van der Waals surface area contributed by atoms with Crippen molar-refractivity contribution in [3.63, 3.8) is 0 Å². The Morgan fingerprint density at radius 3 is 2.83 bits per heavy atom. The summed E-state index contributed by atoms with van der Waals surface area (Å²) >= 11 is 1.52. The molecule has 0 saturated heterocycles. The van der Waals surface area contributed by atoms with Gasteiger partial charge in [-0.3, -0.25) is 4.79 Å². The Bertz CT molecular complexity index is 393. The third kappa shape index (κ3) is 5.10. The molecule has 0 bridgehead atoms. The number of carbonyl (C=O) groups is 1. The van der Waals surface area contributed by atoms with Gasteiger partial charge in [0.15, 0.2) is 0 Å². The summed E-state index contributed by atoms with van der Waals surface area (Å²) in [6.45, 7) is 6.17. The monoisotopic (exact) mass is 267 g/mol. The highest BCUT2D eigenvalue weighted by atomic mass is 32.2. The second-order valence-electron chi connectivity index (χ2n) is 4.14. The van der Waals surface area contributed by atoms with Crippen molar-refractivity contribution in [2.24, 2.45) is 0 Å². The minimum Gasteiger partial charge on any atom is -0.468 e. The number of esters is 1. The lowest BCUT2D eigenvalue weighted by molar-refractivity contribution is -0.137. The van der Waals surface area contributed by atoms with Crippen LogP contribution >= 0.6 is 11.8 Å². The van der Waals surface area contributed by atoms with Gasteiger partial charge in [0, 0.05) is 11.4 Å². The van der Waals surface area contributed by atoms with E-state index in [2.05, 4.69) is 42.1 Å². The molecule has 0 saturated carbocycles. The van der Waals surface area contributed by atoms with E-state index in [1.54, 1.807) is 0 Å². The first kappa shape index (κ1) is 15.1. The van der Waals surface area contributed by atoms with Crippen LogP contribution in [0.2, 0.25) is 0 Å². The van der Waals surface area contributed by atoms with Crippen molar-refractivity contribution < 1.29 is 9.53 Å². The van der Waals surface area contributed by atoms with Crippen molar-refractivity contribution in [1.29, 1.82) is 0 Å². The second-order valence-corrected chi connectivity index (χ2v) is 5.16. The predicted octanol–water partition coefficient (Wildman–Crippen LogP) is 2.76. The van der Waals surface area contributed by atoms with Crippen molar-refractivity contribution in [2.45, 2.75) is 31.7 Å². The van der Waals surface area contributed by atoms with Gasteiger partial charge >= 0.3 is 5.97 Å². The number of carbonyl (C=O) groups excluding carboxylic acids is 1. The number of thioether (sulfide) groups is 1. The van der Waals surface area contributed by atoms with Gasteiger partial charge in [-0.25, -0.2) is 0 Å². The molecule has 100 valence electrons. The number of rotatable bonds is 7. The highest BCUT2D eigenvalue weighted by Crippen LogP contribution is 2.23. The van der Waals surface area contributed by atoms with Crippen LogP contribution in [-0.2, 0) is 16.1 Å². The van der Waals surface area contributed by atoms with E-state index in [9.17, 15) is 4.79 Å². The fraction of sp³-hybridized carbons (Fsp3) is 0.500. The quantitative estimate of drug-likeness (QED) is 0.468. The molecule has 4 heteroatoms. The molecule has 0 amide bonds. The van der Waals surface area contributed by atoms with Crippen molar-refractivity contribution in [2.75, 3.05) is 19.4 Å². The molecule has 0 fully saturated rings. The summed E-state index contributed by atoms with van der Waals surface area (Å²) in [4.78, 5) is 12.2. The van der Waals surface area contributed by atoms with Crippen LogP contribution in [0.4, 0.5) is 0 Å². The lowest BCUT2D eigenvalue weighted by Gasteiger charge is -2.08. The first-order valence-electron chi connectivity index (χ1n) is 6.17. The average Bonchev–Trinajstić information content (AvgIpc) is 2.37. The van der Waals surface area contributed by atoms with Crippen LogP contribution in [0.1, 0.15) is 24.5 Å². The van der Waals surface area contributed by atoms with E-state index in [1.165, 1.54) is 30.0 Å². The smallest absolute Gasteiger partial charge is 0.315 e. The Kier molecular flexibility index (Phi) is 6.83. The first-order valence-corrected chi connectivity index (χ1v) is 7.15. The number of benzene rings is 1. The first-order chi connectivity index (χ1) is 8.67. The molecule has 0 unspecified atom stereocenters. The molecule has 0 heterocycles. The normalized spacial score (nSPS) is 10.4. The zero-order valence-electron chi connectivity index (χ0n) is 11.3. The molecule has 0 aliphatic rings. The molecule has 0 atom stereocenters. The summed E-state index contributed by atoms with van der Waals surface area (Å²) in [5.74, 6) is 0.179. The lowest BCUT2D eigenvalue weighted by atomic mass is 10.1. The second kappa shape index (κ2) is 8.16. The van der Waals surface area contributed by atoms with E-state index in [4.69, 9.17) is 0 Å². The SMILES string of the molecule is CCCNCc1ccc(SCC(=O)OC)c(C)c1. The minimum atomic E-state index is -0.187. The molecular formula is C14H21NO2S. The summed E-state index contributed by atoms with van der Waals surface area (Å²) in [6.07, 6.45) is 1.14. The van der Waals surface area contributed by atoms with Gasteiger partial charge in [-0.15, -0.1) is 11.8 Å². The fourth-order valence-electron chi connectivity index (χ4n) is 1.59. The summed E-state index contributed by atoms with van der Waals surface area (Å²) in [6, 6.07) is 6.35. The Balaban J connectivity index is 2.53. The van der Waals surface area contributed by atoms with E-state index in [0.717, 1.165) is 24.4 Å².